The normalized spacial score (nSPS) is 18.2. The molecule has 0 spiro atoms. The molecule has 0 radical (unpaired) electrons. The second-order valence-electron chi connectivity index (χ2n) is 4.61. The smallest absolute Gasteiger partial charge is 0.315 e. The first-order chi connectivity index (χ1) is 9.20. The third-order valence-corrected chi connectivity index (χ3v) is 3.17. The van der Waals surface area contributed by atoms with Crippen LogP contribution in [0.4, 0.5) is 4.79 Å². The van der Waals surface area contributed by atoms with Crippen LogP contribution in [0, 0.1) is 0 Å². The van der Waals surface area contributed by atoms with Crippen molar-refractivity contribution in [1.82, 2.24) is 15.5 Å². The van der Waals surface area contributed by atoms with Crippen molar-refractivity contribution in [2.75, 3.05) is 19.6 Å². The summed E-state index contributed by atoms with van der Waals surface area (Å²) in [4.78, 5) is 25.4. The summed E-state index contributed by atoms with van der Waals surface area (Å²) in [7, 11) is 0. The van der Waals surface area contributed by atoms with Crippen LogP contribution in [0.15, 0.2) is 30.3 Å². The highest BCUT2D eigenvalue weighted by Gasteiger charge is 2.27. The summed E-state index contributed by atoms with van der Waals surface area (Å²) in [5.41, 5.74) is 0.696. The lowest BCUT2D eigenvalue weighted by Crippen LogP contribution is -2.43. The Labute approximate surface area is 113 Å². The van der Waals surface area contributed by atoms with Gasteiger partial charge < -0.3 is 15.5 Å². The van der Waals surface area contributed by atoms with E-state index >= 15 is 0 Å². The van der Waals surface area contributed by atoms with Gasteiger partial charge in [-0.15, -0.1) is 0 Å². The van der Waals surface area contributed by atoms with E-state index in [2.05, 4.69) is 10.6 Å². The van der Waals surface area contributed by atoms with Crippen molar-refractivity contribution in [3.63, 3.8) is 0 Å². The molecular weight excluding hydrogens is 242 g/mol. The zero-order chi connectivity index (χ0) is 13.7. The van der Waals surface area contributed by atoms with Crippen LogP contribution in [-0.2, 0) is 0 Å². The fraction of sp³-hybridized carbons (Fsp3) is 0.429. The molecule has 3 amide bonds. The zero-order valence-corrected chi connectivity index (χ0v) is 11.1. The molecule has 1 fully saturated rings. The summed E-state index contributed by atoms with van der Waals surface area (Å²) in [6.45, 7) is 3.74. The van der Waals surface area contributed by atoms with E-state index in [4.69, 9.17) is 0 Å². The van der Waals surface area contributed by atoms with Crippen molar-refractivity contribution in [2.24, 2.45) is 0 Å². The summed E-state index contributed by atoms with van der Waals surface area (Å²) in [5.74, 6) is 0.0285. The van der Waals surface area contributed by atoms with E-state index in [0.29, 0.717) is 25.2 Å². The summed E-state index contributed by atoms with van der Waals surface area (Å²) in [6, 6.07) is 9.10. The lowest BCUT2D eigenvalue weighted by atomic mass is 10.2. The van der Waals surface area contributed by atoms with Gasteiger partial charge in [0.2, 0.25) is 0 Å². The molecule has 19 heavy (non-hydrogen) atoms. The van der Waals surface area contributed by atoms with Crippen LogP contribution < -0.4 is 10.6 Å². The lowest BCUT2D eigenvalue weighted by Gasteiger charge is -2.17. The minimum absolute atomic E-state index is 0.0285. The van der Waals surface area contributed by atoms with Gasteiger partial charge >= 0.3 is 6.03 Å². The lowest BCUT2D eigenvalue weighted by molar-refractivity contribution is 0.0789. The summed E-state index contributed by atoms with van der Waals surface area (Å²) < 4.78 is 0. The molecule has 0 bridgehead atoms. The highest BCUT2D eigenvalue weighted by atomic mass is 16.2. The molecule has 1 aliphatic rings. The predicted molar refractivity (Wildman–Crippen MR) is 73.0 cm³/mol. The molecular formula is C14H19N3O2. The van der Waals surface area contributed by atoms with Gasteiger partial charge in [-0.25, -0.2) is 4.79 Å². The number of benzene rings is 1. The van der Waals surface area contributed by atoms with E-state index in [-0.39, 0.29) is 18.0 Å². The minimum atomic E-state index is -0.165. The highest BCUT2D eigenvalue weighted by molar-refractivity contribution is 5.94. The standard InChI is InChI=1S/C14H19N3O2/c1-2-15-14(19)16-12-8-9-17(10-12)13(18)11-6-4-3-5-7-11/h3-7,12H,2,8-10H2,1H3,(H2,15,16,19)/t12-/m0/s1. The number of hydrogen-bond acceptors (Lipinski definition) is 2. The number of urea groups is 1. The Hall–Kier alpha value is -2.04. The topological polar surface area (TPSA) is 61.4 Å². The van der Waals surface area contributed by atoms with E-state index in [1.165, 1.54) is 0 Å². The molecule has 1 aromatic carbocycles. The molecule has 1 aromatic rings. The van der Waals surface area contributed by atoms with Crippen molar-refractivity contribution < 1.29 is 9.59 Å². The second kappa shape index (κ2) is 6.22. The first-order valence-corrected chi connectivity index (χ1v) is 6.59. The van der Waals surface area contributed by atoms with Crippen molar-refractivity contribution in [2.45, 2.75) is 19.4 Å². The van der Waals surface area contributed by atoms with Gasteiger partial charge in [-0.3, -0.25) is 4.79 Å². The monoisotopic (exact) mass is 261 g/mol. The fourth-order valence-electron chi connectivity index (χ4n) is 2.22. The van der Waals surface area contributed by atoms with E-state index in [9.17, 15) is 9.59 Å². The van der Waals surface area contributed by atoms with Crippen LogP contribution in [0.5, 0.6) is 0 Å². The molecule has 1 heterocycles. The van der Waals surface area contributed by atoms with Gasteiger partial charge in [0.1, 0.15) is 0 Å². The molecule has 1 atom stereocenters. The quantitative estimate of drug-likeness (QED) is 0.859. The summed E-state index contributed by atoms with van der Waals surface area (Å²) >= 11 is 0. The maximum Gasteiger partial charge on any atom is 0.315 e. The minimum Gasteiger partial charge on any atom is -0.338 e. The van der Waals surface area contributed by atoms with E-state index in [0.717, 1.165) is 6.42 Å². The summed E-state index contributed by atoms with van der Waals surface area (Å²) in [6.07, 6.45) is 0.801. The molecule has 102 valence electrons. The summed E-state index contributed by atoms with van der Waals surface area (Å²) in [5, 5.41) is 5.57. The first-order valence-electron chi connectivity index (χ1n) is 6.59. The maximum absolute atomic E-state index is 12.2. The molecule has 1 aliphatic heterocycles. The SMILES string of the molecule is CCNC(=O)N[C@H]1CCN(C(=O)c2ccccc2)C1. The van der Waals surface area contributed by atoms with Crippen LogP contribution in [0.2, 0.25) is 0 Å². The average molecular weight is 261 g/mol. The molecule has 5 nitrogen and oxygen atoms in total. The van der Waals surface area contributed by atoms with Crippen LogP contribution in [0.25, 0.3) is 0 Å². The number of rotatable bonds is 3. The van der Waals surface area contributed by atoms with Crippen LogP contribution in [-0.4, -0.2) is 42.5 Å². The Morgan fingerprint density at radius 1 is 1.32 bits per heavy atom. The third kappa shape index (κ3) is 3.47. The van der Waals surface area contributed by atoms with Crippen LogP contribution in [0.3, 0.4) is 0 Å². The van der Waals surface area contributed by atoms with Crippen molar-refractivity contribution >= 4 is 11.9 Å². The van der Waals surface area contributed by atoms with Gasteiger partial charge in [-0.1, -0.05) is 18.2 Å². The number of amides is 3. The van der Waals surface area contributed by atoms with Gasteiger partial charge in [-0.2, -0.15) is 0 Å². The first kappa shape index (κ1) is 13.4. The van der Waals surface area contributed by atoms with Crippen LogP contribution >= 0.6 is 0 Å². The van der Waals surface area contributed by atoms with Gasteiger partial charge in [0, 0.05) is 31.2 Å². The fourth-order valence-corrected chi connectivity index (χ4v) is 2.22. The Balaban J connectivity index is 1.88. The Morgan fingerprint density at radius 2 is 2.05 bits per heavy atom. The number of nitrogens with zero attached hydrogens (tertiary/aromatic N) is 1. The molecule has 2 rings (SSSR count). The van der Waals surface area contributed by atoms with E-state index in [1.807, 2.05) is 37.3 Å². The third-order valence-electron chi connectivity index (χ3n) is 3.17. The Morgan fingerprint density at radius 3 is 2.74 bits per heavy atom. The molecule has 2 N–H and O–H groups in total. The largest absolute Gasteiger partial charge is 0.338 e. The van der Waals surface area contributed by atoms with Gasteiger partial charge in [0.25, 0.3) is 5.91 Å². The van der Waals surface area contributed by atoms with Gasteiger partial charge in [0.05, 0.1) is 0 Å². The van der Waals surface area contributed by atoms with E-state index in [1.54, 1.807) is 4.90 Å². The number of carbonyl (C=O) groups is 2. The van der Waals surface area contributed by atoms with Gasteiger partial charge in [0.15, 0.2) is 0 Å². The number of carbonyl (C=O) groups excluding carboxylic acids is 2. The molecule has 0 aromatic heterocycles. The molecule has 0 aliphatic carbocycles. The van der Waals surface area contributed by atoms with Crippen LogP contribution in [0.1, 0.15) is 23.7 Å². The highest BCUT2D eigenvalue weighted by Crippen LogP contribution is 2.13. The predicted octanol–water partition coefficient (Wildman–Crippen LogP) is 1.22. The van der Waals surface area contributed by atoms with Crippen molar-refractivity contribution in [3.05, 3.63) is 35.9 Å². The number of likely N-dealkylation sites (tertiary alicyclic amines) is 1. The Bertz CT molecular complexity index is 447. The van der Waals surface area contributed by atoms with Crippen molar-refractivity contribution in [3.8, 4) is 0 Å². The molecule has 5 heteroatoms. The van der Waals surface area contributed by atoms with E-state index < -0.39 is 0 Å². The van der Waals surface area contributed by atoms with Crippen molar-refractivity contribution in [1.29, 1.82) is 0 Å². The molecule has 1 saturated heterocycles. The maximum atomic E-state index is 12.2. The average Bonchev–Trinajstić information content (AvgIpc) is 2.87. The molecule has 0 unspecified atom stereocenters. The Kier molecular flexibility index (Phi) is 4.39. The second-order valence-corrected chi connectivity index (χ2v) is 4.61. The number of hydrogen-bond donors (Lipinski definition) is 2. The molecule has 0 saturated carbocycles. The zero-order valence-electron chi connectivity index (χ0n) is 11.1. The van der Waals surface area contributed by atoms with Gasteiger partial charge in [-0.05, 0) is 25.5 Å². The number of nitrogens with one attached hydrogen (secondary N) is 2.